The van der Waals surface area contributed by atoms with Crippen LogP contribution in [-0.2, 0) is 11.2 Å². The zero-order valence-corrected chi connectivity index (χ0v) is 13.5. The van der Waals surface area contributed by atoms with Crippen LogP contribution in [0, 0.1) is 5.92 Å². The third kappa shape index (κ3) is 3.93. The van der Waals surface area contributed by atoms with E-state index in [2.05, 4.69) is 29.6 Å². The predicted molar refractivity (Wildman–Crippen MR) is 91.0 cm³/mol. The van der Waals surface area contributed by atoms with Crippen LogP contribution in [0.3, 0.4) is 0 Å². The van der Waals surface area contributed by atoms with E-state index >= 15 is 0 Å². The van der Waals surface area contributed by atoms with Gasteiger partial charge in [0.15, 0.2) is 0 Å². The number of hydrogen-bond donors (Lipinski definition) is 2. The van der Waals surface area contributed by atoms with Crippen molar-refractivity contribution in [3.63, 3.8) is 0 Å². The Kier molecular flexibility index (Phi) is 5.69. The number of Topliss-reactive ketones (excluding diaryl/α,β-unsaturated/α-hetero) is 1. The number of benzene rings is 2. The van der Waals surface area contributed by atoms with Crippen molar-refractivity contribution in [2.75, 3.05) is 7.05 Å². The fourth-order valence-corrected chi connectivity index (χ4v) is 2.72. The average Bonchev–Trinajstić information content (AvgIpc) is 2.52. The summed E-state index contributed by atoms with van der Waals surface area (Å²) in [7, 11) is 1.83. The van der Waals surface area contributed by atoms with Crippen LogP contribution < -0.4 is 5.32 Å². The van der Waals surface area contributed by atoms with Crippen molar-refractivity contribution in [2.45, 2.75) is 38.8 Å². The SMILES string of the molecule is CN[C@@H](Cc1cccc2ccccc12)[C@@H](O)CC(=O)C(C)C. The number of carbonyl (C=O) groups is 1. The van der Waals surface area contributed by atoms with E-state index in [-0.39, 0.29) is 24.2 Å². The van der Waals surface area contributed by atoms with Crippen LogP contribution in [-0.4, -0.2) is 30.1 Å². The van der Waals surface area contributed by atoms with Gasteiger partial charge in [-0.1, -0.05) is 56.3 Å². The number of nitrogens with one attached hydrogen (secondary N) is 1. The second-order valence-corrected chi connectivity index (χ2v) is 6.13. The van der Waals surface area contributed by atoms with Gasteiger partial charge < -0.3 is 10.4 Å². The molecule has 2 aromatic rings. The molecular weight excluding hydrogens is 274 g/mol. The fraction of sp³-hybridized carbons (Fsp3) is 0.421. The molecular formula is C19H25NO2. The molecule has 0 aromatic heterocycles. The van der Waals surface area contributed by atoms with Crippen molar-refractivity contribution in [1.82, 2.24) is 5.32 Å². The molecule has 0 amide bonds. The molecule has 3 heteroatoms. The van der Waals surface area contributed by atoms with Gasteiger partial charge >= 0.3 is 0 Å². The summed E-state index contributed by atoms with van der Waals surface area (Å²) in [6, 6.07) is 14.3. The minimum atomic E-state index is -0.668. The van der Waals surface area contributed by atoms with Gasteiger partial charge in [0.05, 0.1) is 6.10 Å². The van der Waals surface area contributed by atoms with Crippen molar-refractivity contribution in [3.8, 4) is 0 Å². The van der Waals surface area contributed by atoms with Gasteiger partial charge in [0.25, 0.3) is 0 Å². The van der Waals surface area contributed by atoms with Gasteiger partial charge in [-0.3, -0.25) is 4.79 Å². The van der Waals surface area contributed by atoms with Gasteiger partial charge in [-0.2, -0.15) is 0 Å². The van der Waals surface area contributed by atoms with Crippen molar-refractivity contribution in [3.05, 3.63) is 48.0 Å². The van der Waals surface area contributed by atoms with E-state index in [9.17, 15) is 9.90 Å². The molecule has 2 N–H and O–H groups in total. The highest BCUT2D eigenvalue weighted by molar-refractivity contribution is 5.85. The van der Waals surface area contributed by atoms with E-state index in [1.54, 1.807) is 0 Å². The summed E-state index contributed by atoms with van der Waals surface area (Å²) in [5.74, 6) is 0.0652. The molecule has 0 aliphatic heterocycles. The van der Waals surface area contributed by atoms with E-state index in [0.717, 1.165) is 0 Å². The number of hydrogen-bond acceptors (Lipinski definition) is 3. The molecule has 0 spiro atoms. The number of aliphatic hydroxyl groups excluding tert-OH is 1. The van der Waals surface area contributed by atoms with E-state index in [4.69, 9.17) is 0 Å². The Morgan fingerprint density at radius 2 is 1.82 bits per heavy atom. The topological polar surface area (TPSA) is 49.3 Å². The molecule has 0 aliphatic carbocycles. The number of likely N-dealkylation sites (N-methyl/N-ethyl adjacent to an activating group) is 1. The number of aliphatic hydroxyl groups is 1. The maximum absolute atomic E-state index is 11.9. The molecule has 2 aromatic carbocycles. The summed E-state index contributed by atoms with van der Waals surface area (Å²) in [5, 5.41) is 15.9. The lowest BCUT2D eigenvalue weighted by Gasteiger charge is -2.23. The minimum absolute atomic E-state index is 0.0373. The van der Waals surface area contributed by atoms with Gasteiger partial charge in [0.1, 0.15) is 5.78 Å². The Labute approximate surface area is 132 Å². The van der Waals surface area contributed by atoms with E-state index < -0.39 is 6.10 Å². The lowest BCUT2D eigenvalue weighted by atomic mass is 9.93. The number of rotatable bonds is 7. The van der Waals surface area contributed by atoms with Crippen molar-refractivity contribution in [2.24, 2.45) is 5.92 Å². The third-order valence-corrected chi connectivity index (χ3v) is 4.21. The van der Waals surface area contributed by atoms with Crippen LogP contribution in [0.4, 0.5) is 0 Å². The third-order valence-electron chi connectivity index (χ3n) is 4.21. The molecule has 0 bridgehead atoms. The zero-order valence-electron chi connectivity index (χ0n) is 13.5. The Hall–Kier alpha value is -1.71. The Morgan fingerprint density at radius 3 is 2.50 bits per heavy atom. The molecule has 0 fully saturated rings. The second-order valence-electron chi connectivity index (χ2n) is 6.13. The predicted octanol–water partition coefficient (Wildman–Crippen LogP) is 2.95. The first-order valence-corrected chi connectivity index (χ1v) is 7.87. The molecule has 3 nitrogen and oxygen atoms in total. The molecule has 0 aliphatic rings. The summed E-state index contributed by atoms with van der Waals surface area (Å²) in [4.78, 5) is 11.9. The quantitative estimate of drug-likeness (QED) is 0.826. The zero-order chi connectivity index (χ0) is 16.1. The molecule has 0 radical (unpaired) electrons. The maximum atomic E-state index is 11.9. The monoisotopic (exact) mass is 299 g/mol. The van der Waals surface area contributed by atoms with Crippen molar-refractivity contribution in [1.29, 1.82) is 0 Å². The summed E-state index contributed by atoms with van der Waals surface area (Å²) in [6.07, 6.45) is 0.233. The molecule has 2 rings (SSSR count). The summed E-state index contributed by atoms with van der Waals surface area (Å²) in [6.45, 7) is 3.74. The highest BCUT2D eigenvalue weighted by Crippen LogP contribution is 2.21. The molecule has 0 unspecified atom stereocenters. The number of carbonyl (C=O) groups excluding carboxylic acids is 1. The van der Waals surface area contributed by atoms with Crippen molar-refractivity contribution >= 4 is 16.6 Å². The number of fused-ring (bicyclic) bond motifs is 1. The lowest BCUT2D eigenvalue weighted by molar-refractivity contribution is -0.124. The molecule has 22 heavy (non-hydrogen) atoms. The first kappa shape index (κ1) is 16.7. The van der Waals surface area contributed by atoms with Crippen LogP contribution in [0.15, 0.2) is 42.5 Å². The largest absolute Gasteiger partial charge is 0.391 e. The smallest absolute Gasteiger partial charge is 0.138 e. The summed E-state index contributed by atoms with van der Waals surface area (Å²) < 4.78 is 0. The van der Waals surface area contributed by atoms with Gasteiger partial charge in [0.2, 0.25) is 0 Å². The van der Waals surface area contributed by atoms with Gasteiger partial charge in [-0.05, 0) is 29.8 Å². The highest BCUT2D eigenvalue weighted by atomic mass is 16.3. The normalized spacial score (nSPS) is 14.2. The van der Waals surface area contributed by atoms with Crippen LogP contribution in [0.25, 0.3) is 10.8 Å². The highest BCUT2D eigenvalue weighted by Gasteiger charge is 2.22. The van der Waals surface area contributed by atoms with Gasteiger partial charge in [-0.25, -0.2) is 0 Å². The summed E-state index contributed by atoms with van der Waals surface area (Å²) >= 11 is 0. The fourth-order valence-electron chi connectivity index (χ4n) is 2.72. The molecule has 0 saturated carbocycles. The molecule has 2 atom stereocenters. The van der Waals surface area contributed by atoms with Crippen LogP contribution in [0.5, 0.6) is 0 Å². The average molecular weight is 299 g/mol. The molecule has 0 heterocycles. The lowest BCUT2D eigenvalue weighted by Crippen LogP contribution is -2.41. The Balaban J connectivity index is 2.16. The van der Waals surface area contributed by atoms with Crippen LogP contribution in [0.1, 0.15) is 25.8 Å². The number of ketones is 1. The molecule has 118 valence electrons. The van der Waals surface area contributed by atoms with Gasteiger partial charge in [-0.15, -0.1) is 0 Å². The molecule has 0 saturated heterocycles. The van der Waals surface area contributed by atoms with Crippen molar-refractivity contribution < 1.29 is 9.90 Å². The van der Waals surface area contributed by atoms with Crippen LogP contribution >= 0.6 is 0 Å². The standard InChI is InChI=1S/C19H25NO2/c1-13(2)18(21)12-19(22)17(20-3)11-15-9-6-8-14-7-4-5-10-16(14)15/h4-10,13,17,19-20,22H,11-12H2,1-3H3/t17-,19-/m0/s1. The Bertz CT molecular complexity index is 631. The van der Waals surface area contributed by atoms with E-state index in [0.29, 0.717) is 6.42 Å². The summed E-state index contributed by atoms with van der Waals surface area (Å²) in [5.41, 5.74) is 1.19. The van der Waals surface area contributed by atoms with Crippen LogP contribution in [0.2, 0.25) is 0 Å². The van der Waals surface area contributed by atoms with Gasteiger partial charge in [0, 0.05) is 18.4 Å². The Morgan fingerprint density at radius 1 is 1.14 bits per heavy atom. The minimum Gasteiger partial charge on any atom is -0.391 e. The first-order valence-electron chi connectivity index (χ1n) is 7.87. The van der Waals surface area contributed by atoms with E-state index in [1.807, 2.05) is 39.1 Å². The first-order chi connectivity index (χ1) is 10.5. The van der Waals surface area contributed by atoms with E-state index in [1.165, 1.54) is 16.3 Å². The second kappa shape index (κ2) is 7.52. The maximum Gasteiger partial charge on any atom is 0.138 e.